The molecule has 5 heteroatoms. The number of benzene rings is 1. The lowest BCUT2D eigenvalue weighted by Crippen LogP contribution is -2.24. The molecule has 0 saturated carbocycles. The minimum Gasteiger partial charge on any atom is -0.478 e. The summed E-state index contributed by atoms with van der Waals surface area (Å²) in [4.78, 5) is 17.7. The molecule has 0 spiro atoms. The molecular formula is C16H19N3O2. The Labute approximate surface area is 124 Å². The molecule has 1 aromatic heterocycles. The van der Waals surface area contributed by atoms with Crippen LogP contribution < -0.4 is 10.6 Å². The normalized spacial score (nSPS) is 10.4. The fraction of sp³-hybridized carbons (Fsp3) is 0.250. The van der Waals surface area contributed by atoms with Gasteiger partial charge in [-0.25, -0.2) is 4.79 Å². The summed E-state index contributed by atoms with van der Waals surface area (Å²) in [6.45, 7) is 5.25. The van der Waals surface area contributed by atoms with Crippen LogP contribution in [0, 0.1) is 6.92 Å². The van der Waals surface area contributed by atoms with E-state index in [9.17, 15) is 4.79 Å². The molecule has 0 saturated heterocycles. The Morgan fingerprint density at radius 2 is 2.00 bits per heavy atom. The molecule has 2 aromatic rings. The van der Waals surface area contributed by atoms with Gasteiger partial charge in [-0.2, -0.15) is 0 Å². The van der Waals surface area contributed by atoms with E-state index in [2.05, 4.69) is 4.98 Å². The second kappa shape index (κ2) is 6.26. The fourth-order valence-corrected chi connectivity index (χ4v) is 2.27. The first-order valence-electron chi connectivity index (χ1n) is 6.82. The van der Waals surface area contributed by atoms with Gasteiger partial charge >= 0.3 is 5.97 Å². The Bertz CT molecular complexity index is 656. The van der Waals surface area contributed by atoms with E-state index in [4.69, 9.17) is 10.8 Å². The number of carboxylic acids is 1. The number of carbonyl (C=O) groups is 1. The van der Waals surface area contributed by atoms with Gasteiger partial charge in [0.1, 0.15) is 0 Å². The predicted octanol–water partition coefficient (Wildman–Crippen LogP) is 2.70. The summed E-state index contributed by atoms with van der Waals surface area (Å²) >= 11 is 0. The highest BCUT2D eigenvalue weighted by Gasteiger charge is 2.15. The molecule has 3 N–H and O–H groups in total. The van der Waals surface area contributed by atoms with Crippen LogP contribution in [0.3, 0.4) is 0 Å². The lowest BCUT2D eigenvalue weighted by Gasteiger charge is -2.25. The van der Waals surface area contributed by atoms with Gasteiger partial charge in [0.05, 0.1) is 29.2 Å². The number of aromatic nitrogens is 1. The van der Waals surface area contributed by atoms with Gasteiger partial charge in [0.25, 0.3) is 0 Å². The van der Waals surface area contributed by atoms with Gasteiger partial charge in [-0.1, -0.05) is 12.1 Å². The van der Waals surface area contributed by atoms with Gasteiger partial charge in [0.2, 0.25) is 0 Å². The van der Waals surface area contributed by atoms with E-state index in [1.54, 1.807) is 6.07 Å². The highest BCUT2D eigenvalue weighted by molar-refractivity contribution is 5.97. The molecule has 5 nitrogen and oxygen atoms in total. The van der Waals surface area contributed by atoms with Crippen molar-refractivity contribution in [2.75, 3.05) is 17.2 Å². The quantitative estimate of drug-likeness (QED) is 0.826. The molecule has 0 fully saturated rings. The third-order valence-electron chi connectivity index (χ3n) is 3.33. The second-order valence-corrected chi connectivity index (χ2v) is 4.83. The van der Waals surface area contributed by atoms with Crippen LogP contribution in [0.25, 0.3) is 0 Å². The number of aryl methyl sites for hydroxylation is 1. The first kappa shape index (κ1) is 14.8. The highest BCUT2D eigenvalue weighted by Crippen LogP contribution is 2.27. The van der Waals surface area contributed by atoms with Gasteiger partial charge in [0, 0.05) is 12.2 Å². The van der Waals surface area contributed by atoms with E-state index in [0.717, 1.165) is 17.1 Å². The summed E-state index contributed by atoms with van der Waals surface area (Å²) in [7, 11) is 0. The maximum atomic E-state index is 11.2. The number of hydrogen-bond acceptors (Lipinski definition) is 4. The van der Waals surface area contributed by atoms with Gasteiger partial charge in [-0.05, 0) is 38.1 Å². The number of anilines is 2. The molecule has 0 bridgehead atoms. The number of rotatable bonds is 5. The first-order valence-corrected chi connectivity index (χ1v) is 6.82. The number of nitrogens with zero attached hydrogens (tertiary/aromatic N) is 2. The van der Waals surface area contributed by atoms with E-state index in [-0.39, 0.29) is 5.56 Å². The number of hydrogen-bond donors (Lipinski definition) is 2. The number of aromatic carboxylic acids is 1. The Morgan fingerprint density at radius 1 is 1.29 bits per heavy atom. The third kappa shape index (κ3) is 3.31. The zero-order valence-electron chi connectivity index (χ0n) is 12.2. The monoisotopic (exact) mass is 285 g/mol. The first-order chi connectivity index (χ1) is 10.0. The largest absolute Gasteiger partial charge is 0.478 e. The average Bonchev–Trinajstić information content (AvgIpc) is 2.45. The van der Waals surface area contributed by atoms with Crippen molar-refractivity contribution in [3.63, 3.8) is 0 Å². The van der Waals surface area contributed by atoms with Crippen LogP contribution in [-0.2, 0) is 6.54 Å². The Hall–Kier alpha value is -2.56. The molecule has 0 atom stereocenters. The van der Waals surface area contributed by atoms with E-state index >= 15 is 0 Å². The molecule has 0 unspecified atom stereocenters. The van der Waals surface area contributed by atoms with Crippen molar-refractivity contribution in [3.8, 4) is 0 Å². The minimum absolute atomic E-state index is 0.128. The minimum atomic E-state index is -1.01. The van der Waals surface area contributed by atoms with Gasteiger partial charge in [-0.15, -0.1) is 0 Å². The Morgan fingerprint density at radius 3 is 2.62 bits per heavy atom. The molecule has 1 heterocycles. The lowest BCUT2D eigenvalue weighted by atomic mass is 10.1. The van der Waals surface area contributed by atoms with E-state index in [0.29, 0.717) is 18.8 Å². The second-order valence-electron chi connectivity index (χ2n) is 4.83. The zero-order valence-corrected chi connectivity index (χ0v) is 12.2. The van der Waals surface area contributed by atoms with Crippen molar-refractivity contribution < 1.29 is 9.90 Å². The van der Waals surface area contributed by atoms with Crippen LogP contribution in [0.4, 0.5) is 11.4 Å². The molecule has 21 heavy (non-hydrogen) atoms. The summed E-state index contributed by atoms with van der Waals surface area (Å²) in [5, 5.41) is 9.16. The van der Waals surface area contributed by atoms with Gasteiger partial charge in [-0.3, -0.25) is 4.98 Å². The molecule has 110 valence electrons. The van der Waals surface area contributed by atoms with E-state index in [1.807, 2.05) is 43.0 Å². The van der Waals surface area contributed by atoms with Crippen LogP contribution >= 0.6 is 0 Å². The summed E-state index contributed by atoms with van der Waals surface area (Å²) in [5.41, 5.74) is 9.03. The van der Waals surface area contributed by atoms with Crippen LogP contribution in [0.1, 0.15) is 28.7 Å². The maximum Gasteiger partial charge on any atom is 0.337 e. The van der Waals surface area contributed by atoms with Gasteiger partial charge in [0.15, 0.2) is 0 Å². The van der Waals surface area contributed by atoms with Crippen molar-refractivity contribution in [1.29, 1.82) is 0 Å². The van der Waals surface area contributed by atoms with Gasteiger partial charge < -0.3 is 15.7 Å². The Balaban J connectivity index is 2.34. The number of nitrogen functional groups attached to an aromatic ring is 1. The maximum absolute atomic E-state index is 11.2. The summed E-state index contributed by atoms with van der Waals surface area (Å²) in [6, 6.07) is 10.9. The standard InChI is InChI=1S/C16H19N3O2/c1-3-19(10-12-7-4-6-11(2)18-12)14-9-5-8-13(15(14)17)16(20)21/h4-9H,3,10,17H2,1-2H3,(H,20,21). The van der Waals surface area contributed by atoms with Crippen LogP contribution in [0.5, 0.6) is 0 Å². The Kier molecular flexibility index (Phi) is 4.42. The summed E-state index contributed by atoms with van der Waals surface area (Å²) in [6.07, 6.45) is 0. The number of para-hydroxylation sites is 1. The fourth-order valence-electron chi connectivity index (χ4n) is 2.27. The SMILES string of the molecule is CCN(Cc1cccc(C)n1)c1cccc(C(=O)O)c1N. The summed E-state index contributed by atoms with van der Waals surface area (Å²) < 4.78 is 0. The molecule has 0 amide bonds. The number of pyridine rings is 1. The molecule has 0 radical (unpaired) electrons. The molecule has 2 rings (SSSR count). The van der Waals surface area contributed by atoms with Crippen molar-refractivity contribution in [1.82, 2.24) is 4.98 Å². The molecule has 1 aromatic carbocycles. The van der Waals surface area contributed by atoms with Crippen molar-refractivity contribution in [2.24, 2.45) is 0 Å². The molecular weight excluding hydrogens is 266 g/mol. The van der Waals surface area contributed by atoms with Crippen molar-refractivity contribution >= 4 is 17.3 Å². The van der Waals surface area contributed by atoms with Crippen LogP contribution in [-0.4, -0.2) is 22.6 Å². The topological polar surface area (TPSA) is 79.5 Å². The summed E-state index contributed by atoms with van der Waals surface area (Å²) in [5.74, 6) is -1.01. The van der Waals surface area contributed by atoms with Crippen molar-refractivity contribution in [3.05, 3.63) is 53.3 Å². The smallest absolute Gasteiger partial charge is 0.337 e. The third-order valence-corrected chi connectivity index (χ3v) is 3.33. The lowest BCUT2D eigenvalue weighted by molar-refractivity contribution is 0.0698. The van der Waals surface area contributed by atoms with E-state index < -0.39 is 5.97 Å². The predicted molar refractivity (Wildman–Crippen MR) is 83.5 cm³/mol. The average molecular weight is 285 g/mol. The molecule has 0 aliphatic rings. The van der Waals surface area contributed by atoms with Crippen molar-refractivity contribution in [2.45, 2.75) is 20.4 Å². The van der Waals surface area contributed by atoms with Crippen LogP contribution in [0.2, 0.25) is 0 Å². The number of carboxylic acid groups (broad SMARTS) is 1. The van der Waals surface area contributed by atoms with E-state index in [1.165, 1.54) is 6.07 Å². The zero-order chi connectivity index (χ0) is 15.4. The van der Waals surface area contributed by atoms with Crippen LogP contribution in [0.15, 0.2) is 36.4 Å². The highest BCUT2D eigenvalue weighted by atomic mass is 16.4. The number of nitrogens with two attached hydrogens (primary N) is 1. The molecule has 0 aliphatic heterocycles. The molecule has 0 aliphatic carbocycles.